The Balaban J connectivity index is 1.33. The van der Waals surface area contributed by atoms with Crippen molar-refractivity contribution in [2.24, 2.45) is 0 Å². The van der Waals surface area contributed by atoms with Crippen LogP contribution in [0.2, 0.25) is 0 Å². The fraction of sp³-hybridized carbons (Fsp3) is 0.455. The smallest absolute Gasteiger partial charge is 0.162 e. The van der Waals surface area contributed by atoms with Gasteiger partial charge in [0.25, 0.3) is 0 Å². The number of nitrogens with zero attached hydrogens (tertiary/aromatic N) is 2. The van der Waals surface area contributed by atoms with Crippen LogP contribution in [0.1, 0.15) is 30.1 Å². The maximum absolute atomic E-state index is 11.6. The van der Waals surface area contributed by atoms with Gasteiger partial charge in [-0.1, -0.05) is 36.4 Å². The number of benzene rings is 2. The zero-order valence-electron chi connectivity index (χ0n) is 16.5. The van der Waals surface area contributed by atoms with Gasteiger partial charge < -0.3 is 9.47 Å². The van der Waals surface area contributed by atoms with Crippen LogP contribution < -0.4 is 9.47 Å². The van der Waals surface area contributed by atoms with Gasteiger partial charge in [0.05, 0.1) is 11.0 Å². The van der Waals surface area contributed by atoms with Crippen molar-refractivity contribution in [3.63, 3.8) is 0 Å². The summed E-state index contributed by atoms with van der Waals surface area (Å²) in [7, 11) is 1.34. The van der Waals surface area contributed by atoms with E-state index in [-0.39, 0.29) is 6.10 Å². The lowest BCUT2D eigenvalue weighted by Crippen LogP contribution is -2.43. The van der Waals surface area contributed by atoms with Crippen LogP contribution in [0.15, 0.2) is 48.5 Å². The number of hydrogen-bond acceptors (Lipinski definition) is 4. The Labute approximate surface area is 169 Å². The molecule has 0 aliphatic carbocycles. The quantitative estimate of drug-likeness (QED) is 0.772. The fourth-order valence-electron chi connectivity index (χ4n) is 3.98. The van der Waals surface area contributed by atoms with Gasteiger partial charge in [-0.05, 0) is 43.1 Å². The second-order valence-corrected chi connectivity index (χ2v) is 8.97. The van der Waals surface area contributed by atoms with Crippen molar-refractivity contribution in [2.45, 2.75) is 31.5 Å². The average Bonchev–Trinajstić information content (AvgIpc) is 2.74. The minimum Gasteiger partial charge on any atom is -0.485 e. The molecule has 5 nitrogen and oxygen atoms in total. The van der Waals surface area contributed by atoms with Crippen molar-refractivity contribution in [3.05, 3.63) is 59.7 Å². The Hall–Kier alpha value is -1.89. The molecule has 4 rings (SSSR count). The molecule has 1 saturated heterocycles. The molecule has 1 unspecified atom stereocenters. The van der Waals surface area contributed by atoms with E-state index in [0.717, 1.165) is 49.5 Å². The van der Waals surface area contributed by atoms with Crippen LogP contribution in [0, 0.1) is 0 Å². The third kappa shape index (κ3) is 4.40. The lowest BCUT2D eigenvalue weighted by atomic mass is 10.0. The van der Waals surface area contributed by atoms with Crippen molar-refractivity contribution in [1.29, 1.82) is 0 Å². The zero-order chi connectivity index (χ0) is 19.5. The molecule has 0 amide bonds. The lowest BCUT2D eigenvalue weighted by Gasteiger charge is -2.35. The summed E-state index contributed by atoms with van der Waals surface area (Å²) in [6, 6.07) is 17.0. The molecule has 2 aromatic rings. The lowest BCUT2D eigenvalue weighted by molar-refractivity contribution is 0.0912. The summed E-state index contributed by atoms with van der Waals surface area (Å²) in [5.41, 5.74) is 2.43. The summed E-state index contributed by atoms with van der Waals surface area (Å²) in [5, 5.41) is 0. The molecule has 150 valence electrons. The molecule has 2 atom stereocenters. The van der Waals surface area contributed by atoms with Gasteiger partial charge in [0.2, 0.25) is 0 Å². The summed E-state index contributed by atoms with van der Waals surface area (Å²) in [6.07, 6.45) is 3.84. The van der Waals surface area contributed by atoms with Gasteiger partial charge >= 0.3 is 0 Å². The summed E-state index contributed by atoms with van der Waals surface area (Å²) < 4.78 is 25.6. The second kappa shape index (κ2) is 8.64. The van der Waals surface area contributed by atoms with Gasteiger partial charge in [-0.2, -0.15) is 0 Å². The Morgan fingerprint density at radius 1 is 1.07 bits per heavy atom. The molecule has 0 spiro atoms. The molecule has 2 aromatic carbocycles. The van der Waals surface area contributed by atoms with Crippen LogP contribution in [0.5, 0.6) is 11.5 Å². The Bertz CT molecular complexity index is 819. The Morgan fingerprint density at radius 3 is 2.43 bits per heavy atom. The van der Waals surface area contributed by atoms with Crippen molar-refractivity contribution < 1.29 is 13.7 Å². The standard InChI is InChI=1S/C22H28N2O3S/c1-23(19-11-13-24(14-12-19)28(2)25)15-17-7-9-18(10-8-17)22-16-26-20-5-3-4-6-21(20)27-22/h3-10,19,22H,11-16H2,1-2H3/t22-,28?/m1/s1. The molecule has 28 heavy (non-hydrogen) atoms. The van der Waals surface area contributed by atoms with Crippen LogP contribution in [0.25, 0.3) is 0 Å². The minimum atomic E-state index is -0.845. The van der Waals surface area contributed by atoms with Gasteiger partial charge in [-0.25, -0.2) is 8.51 Å². The fourth-order valence-corrected chi connectivity index (χ4v) is 4.70. The van der Waals surface area contributed by atoms with Gasteiger partial charge in [0.15, 0.2) is 17.6 Å². The van der Waals surface area contributed by atoms with Crippen LogP contribution >= 0.6 is 0 Å². The first-order valence-electron chi connectivity index (χ1n) is 9.86. The first-order chi connectivity index (χ1) is 13.6. The highest BCUT2D eigenvalue weighted by Crippen LogP contribution is 2.35. The topological polar surface area (TPSA) is 42.0 Å². The molecular formula is C22H28N2O3S. The molecule has 6 heteroatoms. The molecule has 0 bridgehead atoms. The van der Waals surface area contributed by atoms with Gasteiger partial charge in [-0.15, -0.1) is 0 Å². The van der Waals surface area contributed by atoms with E-state index in [0.29, 0.717) is 12.6 Å². The predicted molar refractivity (Wildman–Crippen MR) is 112 cm³/mol. The summed E-state index contributed by atoms with van der Waals surface area (Å²) in [6.45, 7) is 3.29. The molecule has 0 saturated carbocycles. The molecular weight excluding hydrogens is 372 g/mol. The normalized spacial score (nSPS) is 21.6. The summed E-state index contributed by atoms with van der Waals surface area (Å²) >= 11 is 0. The average molecular weight is 401 g/mol. The molecule has 0 aromatic heterocycles. The molecule has 1 fully saturated rings. The van der Waals surface area contributed by atoms with Crippen molar-refractivity contribution in [2.75, 3.05) is 33.0 Å². The van der Waals surface area contributed by atoms with Crippen molar-refractivity contribution in [3.8, 4) is 11.5 Å². The van der Waals surface area contributed by atoms with E-state index in [9.17, 15) is 4.21 Å². The van der Waals surface area contributed by atoms with E-state index in [1.807, 2.05) is 24.3 Å². The Kier molecular flexibility index (Phi) is 5.99. The molecule has 2 aliphatic rings. The molecule has 0 N–H and O–H groups in total. The number of ether oxygens (including phenoxy) is 2. The highest BCUT2D eigenvalue weighted by Gasteiger charge is 2.25. The number of piperidine rings is 1. The van der Waals surface area contributed by atoms with E-state index in [1.54, 1.807) is 6.26 Å². The molecule has 0 radical (unpaired) electrons. The molecule has 2 heterocycles. The predicted octanol–water partition coefficient (Wildman–Crippen LogP) is 3.39. The van der Waals surface area contributed by atoms with Gasteiger partial charge in [-0.3, -0.25) is 4.90 Å². The van der Waals surface area contributed by atoms with Crippen molar-refractivity contribution >= 4 is 11.0 Å². The van der Waals surface area contributed by atoms with Crippen LogP contribution in [-0.2, 0) is 17.5 Å². The monoisotopic (exact) mass is 400 g/mol. The minimum absolute atomic E-state index is 0.0686. The number of rotatable bonds is 5. The van der Waals surface area contributed by atoms with Gasteiger partial charge in [0.1, 0.15) is 6.61 Å². The largest absolute Gasteiger partial charge is 0.485 e. The maximum Gasteiger partial charge on any atom is 0.162 e. The van der Waals surface area contributed by atoms with Crippen molar-refractivity contribution in [1.82, 2.24) is 9.21 Å². The van der Waals surface area contributed by atoms with Crippen LogP contribution in [-0.4, -0.2) is 52.5 Å². The number of para-hydroxylation sites is 2. The highest BCUT2D eigenvalue weighted by atomic mass is 32.2. The highest BCUT2D eigenvalue weighted by molar-refractivity contribution is 7.81. The van der Waals surface area contributed by atoms with E-state index < -0.39 is 11.0 Å². The van der Waals surface area contributed by atoms with E-state index in [4.69, 9.17) is 9.47 Å². The number of fused-ring (bicyclic) bond motifs is 1. The molecule has 2 aliphatic heterocycles. The SMILES string of the molecule is CN(Cc1ccc([C@H]2COc3ccccc3O2)cc1)C1CCN(S(C)=O)CC1. The zero-order valence-corrected chi connectivity index (χ0v) is 17.4. The summed E-state index contributed by atoms with van der Waals surface area (Å²) in [5.74, 6) is 1.62. The summed E-state index contributed by atoms with van der Waals surface area (Å²) in [4.78, 5) is 2.42. The second-order valence-electron chi connectivity index (χ2n) is 7.60. The van der Waals surface area contributed by atoms with Crippen LogP contribution in [0.4, 0.5) is 0 Å². The first-order valence-corrected chi connectivity index (χ1v) is 11.4. The Morgan fingerprint density at radius 2 is 1.75 bits per heavy atom. The maximum atomic E-state index is 11.6. The van der Waals surface area contributed by atoms with E-state index >= 15 is 0 Å². The van der Waals surface area contributed by atoms with E-state index in [1.165, 1.54) is 5.56 Å². The third-order valence-electron chi connectivity index (χ3n) is 5.70. The number of hydrogen-bond donors (Lipinski definition) is 0. The first kappa shape index (κ1) is 19.4. The van der Waals surface area contributed by atoms with E-state index in [2.05, 4.69) is 40.5 Å². The van der Waals surface area contributed by atoms with Crippen LogP contribution in [0.3, 0.4) is 0 Å². The van der Waals surface area contributed by atoms with Gasteiger partial charge in [0, 0.05) is 31.9 Å². The third-order valence-corrected chi connectivity index (χ3v) is 6.79.